The minimum absolute atomic E-state index is 0.0000922. The van der Waals surface area contributed by atoms with Crippen molar-refractivity contribution >= 4 is 41.2 Å². The highest BCUT2D eigenvalue weighted by molar-refractivity contribution is 7.64. The van der Waals surface area contributed by atoms with Gasteiger partial charge in [-0.2, -0.15) is 0 Å². The number of carboxylic acids is 1. The molecule has 4 rings (SSSR count). The number of carbonyl (C=O) groups excluding carboxylic acids is 1. The van der Waals surface area contributed by atoms with E-state index >= 15 is 0 Å². The Bertz CT molecular complexity index is 1450. The van der Waals surface area contributed by atoms with Crippen LogP contribution in [0, 0.1) is 6.92 Å². The fourth-order valence-corrected chi connectivity index (χ4v) is 4.94. The van der Waals surface area contributed by atoms with Crippen molar-refractivity contribution in [3.63, 3.8) is 0 Å². The van der Waals surface area contributed by atoms with Gasteiger partial charge in [0.05, 0.1) is 10.9 Å². The third kappa shape index (κ3) is 5.84. The minimum atomic E-state index is -3.92. The number of carboxylic acid groups (broad SMARTS) is 1. The van der Waals surface area contributed by atoms with Crippen LogP contribution in [0.25, 0.3) is 10.8 Å². The molecule has 1 unspecified atom stereocenters. The maximum atomic E-state index is 12.7. The summed E-state index contributed by atoms with van der Waals surface area (Å²) in [5.74, 6) is -1.35. The van der Waals surface area contributed by atoms with Crippen LogP contribution in [-0.2, 0) is 11.0 Å². The lowest BCUT2D eigenvalue weighted by Crippen LogP contribution is -2.22. The van der Waals surface area contributed by atoms with Crippen LogP contribution in [0.2, 0.25) is 0 Å². The van der Waals surface area contributed by atoms with Gasteiger partial charge in [-0.15, -0.1) is 0 Å². The predicted molar refractivity (Wildman–Crippen MR) is 138 cm³/mol. The quantitative estimate of drug-likeness (QED) is 0.266. The molecule has 1 atom stereocenters. The van der Waals surface area contributed by atoms with E-state index in [1.165, 1.54) is 18.2 Å². The molecular formula is C27H25N2O5P. The van der Waals surface area contributed by atoms with E-state index in [1.54, 1.807) is 25.1 Å². The van der Waals surface area contributed by atoms with Crippen molar-refractivity contribution < 1.29 is 24.2 Å². The van der Waals surface area contributed by atoms with Gasteiger partial charge in [0, 0.05) is 17.8 Å². The Balaban J connectivity index is 1.34. The average Bonchev–Trinajstić information content (AvgIpc) is 2.84. The molecule has 0 aliphatic rings. The first kappa shape index (κ1) is 24.4. The molecule has 4 N–H and O–H groups in total. The Morgan fingerprint density at radius 3 is 2.31 bits per heavy atom. The molecule has 0 aliphatic carbocycles. The van der Waals surface area contributed by atoms with Gasteiger partial charge in [0.2, 0.25) is 0 Å². The molecule has 4 aromatic rings. The number of aryl methyl sites for hydroxylation is 1. The molecule has 35 heavy (non-hydrogen) atoms. The van der Waals surface area contributed by atoms with Crippen molar-refractivity contribution in [1.82, 2.24) is 5.09 Å². The molecule has 0 aromatic heterocycles. The van der Waals surface area contributed by atoms with Gasteiger partial charge in [-0.1, -0.05) is 48.5 Å². The van der Waals surface area contributed by atoms with E-state index in [-0.39, 0.29) is 23.3 Å². The molecule has 0 fully saturated rings. The van der Waals surface area contributed by atoms with Gasteiger partial charge in [-0.3, -0.25) is 9.36 Å². The van der Waals surface area contributed by atoms with Crippen molar-refractivity contribution in [2.45, 2.75) is 13.3 Å². The summed E-state index contributed by atoms with van der Waals surface area (Å²) in [6, 6.07) is 24.9. The number of hydrogen-bond donors (Lipinski definition) is 4. The number of rotatable bonds is 8. The number of amides is 1. The van der Waals surface area contributed by atoms with Crippen LogP contribution < -0.4 is 15.7 Å². The molecule has 0 bridgehead atoms. The molecule has 4 aromatic carbocycles. The lowest BCUT2D eigenvalue weighted by Gasteiger charge is -2.15. The number of aromatic carboxylic acids is 1. The van der Waals surface area contributed by atoms with Crippen molar-refractivity contribution in [1.29, 1.82) is 0 Å². The predicted octanol–water partition coefficient (Wildman–Crippen LogP) is 4.74. The normalized spacial score (nSPS) is 12.7. The molecule has 0 saturated carbocycles. The van der Waals surface area contributed by atoms with Crippen LogP contribution in [0.1, 0.15) is 31.8 Å². The van der Waals surface area contributed by atoms with Gasteiger partial charge in [0.25, 0.3) is 13.4 Å². The van der Waals surface area contributed by atoms with Gasteiger partial charge < -0.3 is 15.3 Å². The maximum absolute atomic E-state index is 12.7. The Hall–Kier alpha value is -3.77. The largest absolute Gasteiger partial charge is 0.478 e. The van der Waals surface area contributed by atoms with E-state index in [0.29, 0.717) is 23.2 Å². The van der Waals surface area contributed by atoms with E-state index in [2.05, 4.69) is 10.4 Å². The van der Waals surface area contributed by atoms with E-state index in [0.717, 1.165) is 16.3 Å². The summed E-state index contributed by atoms with van der Waals surface area (Å²) in [5.41, 5.74) is 2.65. The van der Waals surface area contributed by atoms with Crippen LogP contribution in [-0.4, -0.2) is 28.4 Å². The molecule has 1 amide bonds. The van der Waals surface area contributed by atoms with Crippen molar-refractivity contribution in [2.24, 2.45) is 0 Å². The van der Waals surface area contributed by atoms with Gasteiger partial charge in [-0.25, -0.2) is 9.88 Å². The highest BCUT2D eigenvalue weighted by atomic mass is 31.2. The number of nitrogens with one attached hydrogen (secondary N) is 2. The van der Waals surface area contributed by atoms with Crippen LogP contribution >= 0.6 is 7.52 Å². The molecule has 0 aliphatic heterocycles. The zero-order valence-corrected chi connectivity index (χ0v) is 20.0. The topological polar surface area (TPSA) is 116 Å². The Morgan fingerprint density at radius 2 is 1.60 bits per heavy atom. The number of anilines is 1. The molecule has 0 heterocycles. The molecule has 8 heteroatoms. The summed E-state index contributed by atoms with van der Waals surface area (Å²) in [6.45, 7) is 1.85. The second-order valence-corrected chi connectivity index (χ2v) is 10.2. The fraction of sp³-hybridized carbons (Fsp3) is 0.111. The Labute approximate surface area is 202 Å². The van der Waals surface area contributed by atoms with Crippen molar-refractivity contribution in [3.8, 4) is 0 Å². The van der Waals surface area contributed by atoms with E-state index in [9.17, 15) is 24.2 Å². The van der Waals surface area contributed by atoms with Crippen LogP contribution in [0.3, 0.4) is 0 Å². The standard InChI is InChI=1S/C27H25N2O5P/c1-18-6-13-24(17-25(18)27(31)32)35(33,34)28-15-14-19-7-11-23(12-8-19)29-26(30)22-10-9-20-4-2-3-5-21(20)16-22/h2-13,16-17H,14-15H2,1H3,(H,29,30)(H,31,32)(H2,28,33,34). The SMILES string of the molecule is Cc1ccc(P(=O)(O)NCCc2ccc(NC(=O)c3ccc4ccccc4c3)cc2)cc1C(=O)O. The van der Waals surface area contributed by atoms with Gasteiger partial charge in [0.15, 0.2) is 0 Å². The first-order valence-corrected chi connectivity index (χ1v) is 12.7. The molecule has 0 spiro atoms. The third-order valence-corrected chi connectivity index (χ3v) is 7.40. The van der Waals surface area contributed by atoms with E-state index < -0.39 is 13.5 Å². The second-order valence-electron chi connectivity index (χ2n) is 8.25. The summed E-state index contributed by atoms with van der Waals surface area (Å²) in [4.78, 5) is 34.3. The number of fused-ring (bicyclic) bond motifs is 1. The highest BCUT2D eigenvalue weighted by Gasteiger charge is 2.22. The first-order valence-electron chi connectivity index (χ1n) is 11.0. The van der Waals surface area contributed by atoms with Crippen molar-refractivity contribution in [2.75, 3.05) is 11.9 Å². The smallest absolute Gasteiger partial charge is 0.335 e. The summed E-state index contributed by atoms with van der Waals surface area (Å²) in [6.07, 6.45) is 0.473. The van der Waals surface area contributed by atoms with Gasteiger partial charge in [-0.05, 0) is 71.6 Å². The molecular weight excluding hydrogens is 463 g/mol. The zero-order chi connectivity index (χ0) is 25.0. The third-order valence-electron chi connectivity index (χ3n) is 5.76. The first-order chi connectivity index (χ1) is 16.7. The van der Waals surface area contributed by atoms with E-state index in [4.69, 9.17) is 0 Å². The molecule has 0 radical (unpaired) electrons. The lowest BCUT2D eigenvalue weighted by molar-refractivity contribution is 0.0696. The summed E-state index contributed by atoms with van der Waals surface area (Å²) in [5, 5.41) is 16.9. The minimum Gasteiger partial charge on any atom is -0.478 e. The Morgan fingerprint density at radius 1 is 0.886 bits per heavy atom. The summed E-state index contributed by atoms with van der Waals surface area (Å²) in [7, 11) is -3.92. The van der Waals surface area contributed by atoms with Gasteiger partial charge in [0.1, 0.15) is 0 Å². The molecule has 0 saturated heterocycles. The van der Waals surface area contributed by atoms with E-state index in [1.807, 2.05) is 48.5 Å². The van der Waals surface area contributed by atoms with Gasteiger partial charge >= 0.3 is 5.97 Å². The van der Waals surface area contributed by atoms with Crippen LogP contribution in [0.15, 0.2) is 84.9 Å². The fourth-order valence-electron chi connectivity index (χ4n) is 3.76. The average molecular weight is 488 g/mol. The Kier molecular flexibility index (Phi) is 7.12. The molecule has 7 nitrogen and oxygen atoms in total. The van der Waals surface area contributed by atoms with Crippen LogP contribution in [0.5, 0.6) is 0 Å². The zero-order valence-electron chi connectivity index (χ0n) is 19.1. The van der Waals surface area contributed by atoms with Crippen LogP contribution in [0.4, 0.5) is 5.69 Å². The number of hydrogen-bond acceptors (Lipinski definition) is 3. The maximum Gasteiger partial charge on any atom is 0.335 e. The highest BCUT2D eigenvalue weighted by Crippen LogP contribution is 2.34. The molecule has 178 valence electrons. The summed E-state index contributed by atoms with van der Waals surface area (Å²) >= 11 is 0. The summed E-state index contributed by atoms with van der Waals surface area (Å²) < 4.78 is 12.7. The van der Waals surface area contributed by atoms with Crippen molar-refractivity contribution in [3.05, 3.63) is 107 Å². The number of benzene rings is 4. The lowest BCUT2D eigenvalue weighted by atomic mass is 10.1. The number of carbonyl (C=O) groups is 2. The monoisotopic (exact) mass is 488 g/mol. The second kappa shape index (κ2) is 10.2.